The molecule has 0 aliphatic rings. The molecular formula is C12H5Cl5O2S. The molecule has 2 nitrogen and oxygen atoms in total. The molecule has 2 rings (SSSR count). The molecule has 106 valence electrons. The Morgan fingerprint density at radius 1 is 0.900 bits per heavy atom. The Bertz CT molecular complexity index is 763. The fraction of sp³-hybridized carbons (Fsp3) is 0. The molecule has 0 aliphatic carbocycles. The molecule has 0 bridgehead atoms. The normalized spacial score (nSPS) is 11.7. The monoisotopic (exact) mass is 388 g/mol. The smallest absolute Gasteiger partial charge is 0.207 e. The van der Waals surface area contributed by atoms with E-state index in [0.29, 0.717) is 16.1 Å². The number of rotatable bonds is 2. The maximum Gasteiger partial charge on any atom is 0.262 e. The summed E-state index contributed by atoms with van der Waals surface area (Å²) in [6.07, 6.45) is 0. The number of halogens is 5. The van der Waals surface area contributed by atoms with Gasteiger partial charge in [0.1, 0.15) is 4.90 Å². The van der Waals surface area contributed by atoms with Gasteiger partial charge < -0.3 is 0 Å². The lowest BCUT2D eigenvalue weighted by Gasteiger charge is -2.11. The van der Waals surface area contributed by atoms with Crippen LogP contribution in [-0.2, 0) is 9.05 Å². The van der Waals surface area contributed by atoms with Crippen LogP contribution in [0.3, 0.4) is 0 Å². The minimum absolute atomic E-state index is 0.0476. The Kier molecular flexibility index (Phi) is 4.80. The molecule has 0 atom stereocenters. The standard InChI is InChI=1S/C12H5Cl5O2S/c13-6-4-8(14)11(9(15)5-6)7-2-1-3-10(12(7)16)20(17,18)19/h1-5H. The topological polar surface area (TPSA) is 34.1 Å². The van der Waals surface area contributed by atoms with Crippen LogP contribution in [0, 0.1) is 0 Å². The lowest BCUT2D eigenvalue weighted by atomic mass is 10.1. The predicted molar refractivity (Wildman–Crippen MR) is 85.0 cm³/mol. The third-order valence-electron chi connectivity index (χ3n) is 2.50. The Hall–Kier alpha value is -0.160. The highest BCUT2D eigenvalue weighted by molar-refractivity contribution is 8.13. The molecule has 0 aliphatic heterocycles. The van der Waals surface area contributed by atoms with Crippen LogP contribution in [-0.4, -0.2) is 8.42 Å². The second-order valence-corrected chi connectivity index (χ2v) is 7.96. The van der Waals surface area contributed by atoms with E-state index < -0.39 is 9.05 Å². The fourth-order valence-corrected chi connectivity index (χ4v) is 4.31. The van der Waals surface area contributed by atoms with E-state index in [2.05, 4.69) is 0 Å². The van der Waals surface area contributed by atoms with E-state index in [4.69, 9.17) is 57.1 Å². The molecule has 0 radical (unpaired) electrons. The summed E-state index contributed by atoms with van der Waals surface area (Å²) < 4.78 is 22.9. The highest BCUT2D eigenvalue weighted by Gasteiger charge is 2.20. The number of hydrogen-bond donors (Lipinski definition) is 0. The first kappa shape index (κ1) is 16.2. The molecule has 0 fully saturated rings. The van der Waals surface area contributed by atoms with Crippen LogP contribution >= 0.6 is 57.1 Å². The van der Waals surface area contributed by atoms with E-state index in [1.54, 1.807) is 6.07 Å². The van der Waals surface area contributed by atoms with Gasteiger partial charge in [-0.15, -0.1) is 0 Å². The molecule has 0 saturated carbocycles. The van der Waals surface area contributed by atoms with Crippen LogP contribution in [0.2, 0.25) is 20.1 Å². The SMILES string of the molecule is O=S(=O)(Cl)c1cccc(-c2c(Cl)cc(Cl)cc2Cl)c1Cl. The van der Waals surface area contributed by atoms with Crippen molar-refractivity contribution in [3.63, 3.8) is 0 Å². The second-order valence-electron chi connectivity index (χ2n) is 3.80. The highest BCUT2D eigenvalue weighted by atomic mass is 35.7. The Morgan fingerprint density at radius 2 is 1.45 bits per heavy atom. The number of hydrogen-bond acceptors (Lipinski definition) is 2. The average molecular weight is 391 g/mol. The first-order chi connectivity index (χ1) is 9.21. The maximum absolute atomic E-state index is 11.5. The Labute approximate surface area is 140 Å². The minimum atomic E-state index is -3.97. The van der Waals surface area contributed by atoms with E-state index >= 15 is 0 Å². The van der Waals surface area contributed by atoms with Gasteiger partial charge >= 0.3 is 0 Å². The van der Waals surface area contributed by atoms with E-state index in [1.807, 2.05) is 0 Å². The van der Waals surface area contributed by atoms with Crippen molar-refractivity contribution < 1.29 is 8.42 Å². The average Bonchev–Trinajstić information content (AvgIpc) is 2.28. The summed E-state index contributed by atoms with van der Waals surface area (Å²) in [5.41, 5.74) is 0.755. The number of benzene rings is 2. The Balaban J connectivity index is 2.79. The zero-order chi connectivity index (χ0) is 15.1. The summed E-state index contributed by atoms with van der Waals surface area (Å²) in [6.45, 7) is 0. The van der Waals surface area contributed by atoms with Crippen molar-refractivity contribution in [3.05, 3.63) is 50.4 Å². The molecule has 0 N–H and O–H groups in total. The molecule has 2 aromatic carbocycles. The van der Waals surface area contributed by atoms with Crippen molar-refractivity contribution in [2.75, 3.05) is 0 Å². The van der Waals surface area contributed by atoms with E-state index in [1.165, 1.54) is 24.3 Å². The van der Waals surface area contributed by atoms with Gasteiger partial charge in [0, 0.05) is 26.8 Å². The highest BCUT2D eigenvalue weighted by Crippen LogP contribution is 2.42. The summed E-state index contributed by atoms with van der Waals surface area (Å²) >= 11 is 24.1. The molecule has 20 heavy (non-hydrogen) atoms. The van der Waals surface area contributed by atoms with Gasteiger partial charge in [-0.25, -0.2) is 8.42 Å². The lowest BCUT2D eigenvalue weighted by molar-refractivity contribution is 0.609. The second kappa shape index (κ2) is 5.91. The summed E-state index contributed by atoms with van der Waals surface area (Å²) in [5.74, 6) is 0. The third-order valence-corrected chi connectivity index (χ3v) is 5.20. The molecule has 2 aromatic rings. The quantitative estimate of drug-likeness (QED) is 0.599. The van der Waals surface area contributed by atoms with Gasteiger partial charge in [0.15, 0.2) is 0 Å². The molecular weight excluding hydrogens is 385 g/mol. The Morgan fingerprint density at radius 3 is 1.95 bits per heavy atom. The van der Waals surface area contributed by atoms with Crippen molar-refractivity contribution in [2.45, 2.75) is 4.90 Å². The maximum atomic E-state index is 11.5. The van der Waals surface area contributed by atoms with Gasteiger partial charge in [-0.05, 0) is 18.2 Å². The first-order valence-electron chi connectivity index (χ1n) is 5.10. The van der Waals surface area contributed by atoms with Crippen molar-refractivity contribution in [1.82, 2.24) is 0 Å². The van der Waals surface area contributed by atoms with Crippen molar-refractivity contribution in [3.8, 4) is 11.1 Å². The van der Waals surface area contributed by atoms with Crippen molar-refractivity contribution >= 4 is 66.1 Å². The van der Waals surface area contributed by atoms with Gasteiger partial charge in [0.2, 0.25) is 0 Å². The van der Waals surface area contributed by atoms with Crippen LogP contribution in [0.25, 0.3) is 11.1 Å². The lowest BCUT2D eigenvalue weighted by Crippen LogP contribution is -1.94. The zero-order valence-corrected chi connectivity index (χ0v) is 14.1. The zero-order valence-electron chi connectivity index (χ0n) is 9.50. The van der Waals surface area contributed by atoms with Gasteiger partial charge in [-0.1, -0.05) is 58.5 Å². The van der Waals surface area contributed by atoms with Gasteiger partial charge in [0.25, 0.3) is 9.05 Å². The van der Waals surface area contributed by atoms with Crippen LogP contribution in [0.4, 0.5) is 0 Å². The van der Waals surface area contributed by atoms with E-state index in [-0.39, 0.29) is 20.0 Å². The predicted octanol–water partition coefficient (Wildman–Crippen LogP) is 5.89. The van der Waals surface area contributed by atoms with Crippen LogP contribution in [0.1, 0.15) is 0 Å². The van der Waals surface area contributed by atoms with E-state index in [9.17, 15) is 8.42 Å². The molecule has 0 saturated heterocycles. The van der Waals surface area contributed by atoms with Crippen LogP contribution in [0.5, 0.6) is 0 Å². The third kappa shape index (κ3) is 3.19. The summed E-state index contributed by atoms with van der Waals surface area (Å²) in [7, 11) is 1.36. The van der Waals surface area contributed by atoms with E-state index in [0.717, 1.165) is 0 Å². The molecule has 8 heteroatoms. The summed E-state index contributed by atoms with van der Waals surface area (Å²) in [5, 5.41) is 0.830. The van der Waals surface area contributed by atoms with Crippen molar-refractivity contribution in [2.24, 2.45) is 0 Å². The minimum Gasteiger partial charge on any atom is -0.207 e. The first-order valence-corrected chi connectivity index (χ1v) is 8.92. The molecule has 0 spiro atoms. The fourth-order valence-electron chi connectivity index (χ4n) is 1.69. The van der Waals surface area contributed by atoms with Crippen LogP contribution < -0.4 is 0 Å². The van der Waals surface area contributed by atoms with Crippen molar-refractivity contribution in [1.29, 1.82) is 0 Å². The molecule has 0 amide bonds. The molecule has 0 aromatic heterocycles. The van der Waals surface area contributed by atoms with Gasteiger partial charge in [-0.3, -0.25) is 0 Å². The van der Waals surface area contributed by atoms with Gasteiger partial charge in [0.05, 0.1) is 15.1 Å². The van der Waals surface area contributed by atoms with Crippen LogP contribution in [0.15, 0.2) is 35.2 Å². The summed E-state index contributed by atoms with van der Waals surface area (Å²) in [4.78, 5) is -0.208. The largest absolute Gasteiger partial charge is 0.262 e. The van der Waals surface area contributed by atoms with Gasteiger partial charge in [-0.2, -0.15) is 0 Å². The molecule has 0 heterocycles. The summed E-state index contributed by atoms with van der Waals surface area (Å²) in [6, 6.07) is 7.36. The molecule has 0 unspecified atom stereocenters.